The minimum absolute atomic E-state index is 0.148. The first-order chi connectivity index (χ1) is 7.70. The number of nitrogens with zero attached hydrogens (tertiary/aromatic N) is 1. The van der Waals surface area contributed by atoms with Gasteiger partial charge in [-0.1, -0.05) is 12.8 Å². The first kappa shape index (κ1) is 11.9. The van der Waals surface area contributed by atoms with E-state index in [4.69, 9.17) is 5.73 Å². The fraction of sp³-hybridized carbons (Fsp3) is 0.917. The number of hydrogen-bond acceptors (Lipinski definition) is 3. The van der Waals surface area contributed by atoms with Crippen molar-refractivity contribution in [2.45, 2.75) is 38.2 Å². The molecule has 3 N–H and O–H groups in total. The summed E-state index contributed by atoms with van der Waals surface area (Å²) in [6, 6.07) is 0. The maximum absolute atomic E-state index is 11.7. The SMILES string of the molecule is NCCC(=O)N1CCC(O)C(CC2CC2)C1. The molecule has 1 amide bonds. The van der Waals surface area contributed by atoms with Gasteiger partial charge in [-0.2, -0.15) is 0 Å². The highest BCUT2D eigenvalue weighted by Gasteiger charge is 2.34. The first-order valence-corrected chi connectivity index (χ1v) is 6.36. The number of piperidine rings is 1. The van der Waals surface area contributed by atoms with E-state index >= 15 is 0 Å². The molecule has 0 bridgehead atoms. The molecule has 2 aliphatic rings. The van der Waals surface area contributed by atoms with Gasteiger partial charge in [-0.05, 0) is 18.8 Å². The van der Waals surface area contributed by atoms with E-state index in [9.17, 15) is 9.90 Å². The van der Waals surface area contributed by atoms with Crippen molar-refractivity contribution < 1.29 is 9.90 Å². The Kier molecular flexibility index (Phi) is 3.82. The minimum atomic E-state index is -0.206. The van der Waals surface area contributed by atoms with Gasteiger partial charge in [0.25, 0.3) is 0 Å². The van der Waals surface area contributed by atoms with E-state index in [-0.39, 0.29) is 12.0 Å². The molecule has 1 aliphatic heterocycles. The van der Waals surface area contributed by atoms with Crippen LogP contribution in [0.25, 0.3) is 0 Å². The average molecular weight is 226 g/mol. The number of nitrogens with two attached hydrogens (primary N) is 1. The predicted octanol–water partition coefficient (Wildman–Crippen LogP) is 0.345. The monoisotopic (exact) mass is 226 g/mol. The van der Waals surface area contributed by atoms with E-state index in [2.05, 4.69) is 0 Å². The summed E-state index contributed by atoms with van der Waals surface area (Å²) in [5, 5.41) is 9.91. The molecule has 1 saturated heterocycles. The second-order valence-electron chi connectivity index (χ2n) is 5.17. The molecule has 4 heteroatoms. The molecule has 2 atom stereocenters. The van der Waals surface area contributed by atoms with E-state index < -0.39 is 0 Å². The van der Waals surface area contributed by atoms with Gasteiger partial charge in [0, 0.05) is 32.0 Å². The normalized spacial score (nSPS) is 30.5. The number of aliphatic hydroxyl groups excluding tert-OH is 1. The Bertz CT molecular complexity index is 253. The number of hydrogen-bond donors (Lipinski definition) is 2. The van der Waals surface area contributed by atoms with Crippen molar-refractivity contribution in [1.82, 2.24) is 4.90 Å². The summed E-state index contributed by atoms with van der Waals surface area (Å²) in [7, 11) is 0. The smallest absolute Gasteiger partial charge is 0.223 e. The van der Waals surface area contributed by atoms with Gasteiger partial charge in [-0.25, -0.2) is 0 Å². The summed E-state index contributed by atoms with van der Waals surface area (Å²) < 4.78 is 0. The Balaban J connectivity index is 1.84. The zero-order chi connectivity index (χ0) is 11.5. The molecule has 0 aromatic heterocycles. The van der Waals surface area contributed by atoms with Crippen LogP contribution < -0.4 is 5.73 Å². The summed E-state index contributed by atoms with van der Waals surface area (Å²) in [5.74, 6) is 1.25. The van der Waals surface area contributed by atoms with E-state index in [1.807, 2.05) is 4.90 Å². The summed E-state index contributed by atoms with van der Waals surface area (Å²) in [5.41, 5.74) is 5.39. The minimum Gasteiger partial charge on any atom is -0.393 e. The Hall–Kier alpha value is -0.610. The lowest BCUT2D eigenvalue weighted by Crippen LogP contribution is -2.46. The summed E-state index contributed by atoms with van der Waals surface area (Å²) in [6.45, 7) is 1.85. The third-order valence-electron chi connectivity index (χ3n) is 3.74. The number of rotatable bonds is 4. The summed E-state index contributed by atoms with van der Waals surface area (Å²) >= 11 is 0. The van der Waals surface area contributed by atoms with Crippen molar-refractivity contribution in [3.05, 3.63) is 0 Å². The van der Waals surface area contributed by atoms with Gasteiger partial charge >= 0.3 is 0 Å². The van der Waals surface area contributed by atoms with E-state index in [1.165, 1.54) is 12.8 Å². The molecular weight excluding hydrogens is 204 g/mol. The maximum Gasteiger partial charge on any atom is 0.223 e. The Morgan fingerprint density at radius 2 is 2.12 bits per heavy atom. The molecule has 1 heterocycles. The number of amides is 1. The van der Waals surface area contributed by atoms with Crippen LogP contribution in [0.3, 0.4) is 0 Å². The molecule has 0 aromatic rings. The molecule has 0 spiro atoms. The highest BCUT2D eigenvalue weighted by molar-refractivity contribution is 5.76. The molecule has 1 aliphatic carbocycles. The third-order valence-corrected chi connectivity index (χ3v) is 3.74. The number of carbonyl (C=O) groups is 1. The van der Waals surface area contributed by atoms with Gasteiger partial charge in [-0.3, -0.25) is 4.79 Å². The van der Waals surface area contributed by atoms with Crippen molar-refractivity contribution in [2.75, 3.05) is 19.6 Å². The molecule has 16 heavy (non-hydrogen) atoms. The highest BCUT2D eigenvalue weighted by atomic mass is 16.3. The molecule has 2 rings (SSSR count). The van der Waals surface area contributed by atoms with Crippen LogP contribution in [0.15, 0.2) is 0 Å². The van der Waals surface area contributed by atoms with Crippen LogP contribution in [-0.2, 0) is 4.79 Å². The van der Waals surface area contributed by atoms with Crippen molar-refractivity contribution in [2.24, 2.45) is 17.6 Å². The van der Waals surface area contributed by atoms with Gasteiger partial charge in [0.05, 0.1) is 6.10 Å². The van der Waals surface area contributed by atoms with Crippen LogP contribution in [-0.4, -0.2) is 41.7 Å². The lowest BCUT2D eigenvalue weighted by Gasteiger charge is -2.36. The predicted molar refractivity (Wildman–Crippen MR) is 61.7 cm³/mol. The Morgan fingerprint density at radius 1 is 1.38 bits per heavy atom. The first-order valence-electron chi connectivity index (χ1n) is 6.36. The third kappa shape index (κ3) is 2.95. The molecule has 1 saturated carbocycles. The molecule has 0 aromatic carbocycles. The molecule has 2 unspecified atom stereocenters. The van der Waals surface area contributed by atoms with Gasteiger partial charge in [0.1, 0.15) is 0 Å². The second-order valence-corrected chi connectivity index (χ2v) is 5.17. The van der Waals surface area contributed by atoms with Crippen LogP contribution in [0, 0.1) is 11.8 Å². The highest BCUT2D eigenvalue weighted by Crippen LogP contribution is 2.37. The number of carbonyl (C=O) groups excluding carboxylic acids is 1. The Morgan fingerprint density at radius 3 is 2.75 bits per heavy atom. The zero-order valence-electron chi connectivity index (χ0n) is 9.77. The molecule has 0 radical (unpaired) electrons. The van der Waals surface area contributed by atoms with Crippen molar-refractivity contribution in [1.29, 1.82) is 0 Å². The second kappa shape index (κ2) is 5.15. The fourth-order valence-electron chi connectivity index (χ4n) is 2.54. The average Bonchev–Trinajstić information content (AvgIpc) is 3.05. The Labute approximate surface area is 96.8 Å². The lowest BCUT2D eigenvalue weighted by molar-refractivity contribution is -0.134. The number of likely N-dealkylation sites (tertiary alicyclic amines) is 1. The molecule has 4 nitrogen and oxygen atoms in total. The largest absolute Gasteiger partial charge is 0.393 e. The molecular formula is C12H22N2O2. The number of aliphatic hydroxyl groups is 1. The zero-order valence-corrected chi connectivity index (χ0v) is 9.77. The summed E-state index contributed by atoms with van der Waals surface area (Å²) in [4.78, 5) is 13.6. The standard InChI is InChI=1S/C12H22N2O2/c13-5-3-12(16)14-6-4-11(15)10(8-14)7-9-1-2-9/h9-11,15H,1-8,13H2. The van der Waals surface area contributed by atoms with Crippen molar-refractivity contribution in [3.63, 3.8) is 0 Å². The van der Waals surface area contributed by atoms with Gasteiger partial charge in [0.2, 0.25) is 5.91 Å². The molecule has 2 fully saturated rings. The van der Waals surface area contributed by atoms with E-state index in [0.29, 0.717) is 25.4 Å². The van der Waals surface area contributed by atoms with Gasteiger partial charge in [0.15, 0.2) is 0 Å². The van der Waals surface area contributed by atoms with E-state index in [0.717, 1.165) is 25.3 Å². The topological polar surface area (TPSA) is 66.6 Å². The maximum atomic E-state index is 11.7. The van der Waals surface area contributed by atoms with E-state index in [1.54, 1.807) is 0 Å². The van der Waals surface area contributed by atoms with Gasteiger partial charge < -0.3 is 15.7 Å². The van der Waals surface area contributed by atoms with Crippen LogP contribution >= 0.6 is 0 Å². The van der Waals surface area contributed by atoms with Crippen molar-refractivity contribution in [3.8, 4) is 0 Å². The lowest BCUT2D eigenvalue weighted by atomic mass is 9.89. The van der Waals surface area contributed by atoms with Crippen LogP contribution in [0.1, 0.15) is 32.1 Å². The fourth-order valence-corrected chi connectivity index (χ4v) is 2.54. The quantitative estimate of drug-likeness (QED) is 0.726. The van der Waals surface area contributed by atoms with Crippen LogP contribution in [0.4, 0.5) is 0 Å². The van der Waals surface area contributed by atoms with Gasteiger partial charge in [-0.15, -0.1) is 0 Å². The van der Waals surface area contributed by atoms with Crippen molar-refractivity contribution >= 4 is 5.91 Å². The summed E-state index contributed by atoms with van der Waals surface area (Å²) in [6.07, 6.45) is 4.66. The van der Waals surface area contributed by atoms with Crippen LogP contribution in [0.2, 0.25) is 0 Å². The van der Waals surface area contributed by atoms with Crippen LogP contribution in [0.5, 0.6) is 0 Å². The molecule has 92 valence electrons.